The highest BCUT2D eigenvalue weighted by Crippen LogP contribution is 2.50. The van der Waals surface area contributed by atoms with Crippen LogP contribution >= 0.6 is 23.2 Å². The lowest BCUT2D eigenvalue weighted by Crippen LogP contribution is -2.65. The molecular weight excluding hydrogens is 1710 g/mol. The summed E-state index contributed by atoms with van der Waals surface area (Å²) in [6.45, 7) is 5.30. The summed E-state index contributed by atoms with van der Waals surface area (Å²) < 4.78 is 82.8. The van der Waals surface area contributed by atoms with Crippen molar-refractivity contribution in [3.8, 4) is 62.9 Å². The molecule has 2 saturated heterocycles. The number of ether oxygens (including phenoxy) is 7. The van der Waals surface area contributed by atoms with Crippen molar-refractivity contribution < 1.29 is 141 Å². The number of carboxylic acids is 1. The maximum Gasteiger partial charge on any atom is 0.573 e. The van der Waals surface area contributed by atoms with Crippen molar-refractivity contribution in [3.63, 3.8) is 0 Å². The van der Waals surface area contributed by atoms with Crippen LogP contribution in [0.3, 0.4) is 0 Å². The van der Waals surface area contributed by atoms with E-state index in [1.54, 1.807) is 20.8 Å². The fraction of sp³-hybridized carbons (Fsp3) is 0.378. The van der Waals surface area contributed by atoms with Gasteiger partial charge in [0.2, 0.25) is 59.3 Å². The lowest BCUT2D eigenvalue weighted by molar-refractivity contribution is -0.334. The van der Waals surface area contributed by atoms with Crippen LogP contribution in [0.5, 0.6) is 51.7 Å². The lowest BCUT2D eigenvalue weighted by atomic mass is 9.85. The number of likely N-dealkylation sites (N-methyl/N-ethyl adjacent to an activating group) is 1. The van der Waals surface area contributed by atoms with Crippen LogP contribution in [0.4, 0.5) is 19.0 Å². The fourth-order valence-corrected chi connectivity index (χ4v) is 15.4. The van der Waals surface area contributed by atoms with E-state index < -0.39 is 277 Å². The van der Waals surface area contributed by atoms with E-state index in [0.29, 0.717) is 0 Å². The number of amides is 8. The van der Waals surface area contributed by atoms with Gasteiger partial charge in [-0.2, -0.15) is 4.98 Å². The molecule has 7 aliphatic rings. The number of fused-ring (bicyclic) bond motifs is 15. The summed E-state index contributed by atoms with van der Waals surface area (Å²) in [6.07, 6.45) is -21.5. The topological polar surface area (TPSA) is 590 Å². The first-order valence-electron chi connectivity index (χ1n) is 38.9. The van der Waals surface area contributed by atoms with E-state index in [1.807, 2.05) is 0 Å². The number of carboxylic acid groups (broad SMARTS) is 1. The number of carbonyl (C=O) groups excluding carboxylic acids is 8. The molecule has 1 aromatic heterocycles. The Morgan fingerprint density at radius 3 is 2.02 bits per heavy atom. The van der Waals surface area contributed by atoms with Crippen molar-refractivity contribution in [2.24, 2.45) is 11.7 Å². The Kier molecular flexibility index (Phi) is 28.5. The minimum atomic E-state index is -4.97. The summed E-state index contributed by atoms with van der Waals surface area (Å²) in [5.74, 6) is -18.3. The van der Waals surface area contributed by atoms with Crippen molar-refractivity contribution in [2.45, 2.75) is 169 Å². The Labute approximate surface area is 722 Å². The summed E-state index contributed by atoms with van der Waals surface area (Å²) in [4.78, 5) is 148. The number of nitrogens with two attached hydrogens (primary N) is 1. The number of phenols is 3. The Hall–Kier alpha value is -12.3. The van der Waals surface area contributed by atoms with E-state index in [2.05, 4.69) is 57.6 Å². The second-order valence-electron chi connectivity index (χ2n) is 30.8. The molecule has 3 unspecified atom stereocenters. The zero-order valence-electron chi connectivity index (χ0n) is 67.0. The van der Waals surface area contributed by atoms with Crippen LogP contribution in [0.1, 0.15) is 111 Å². The van der Waals surface area contributed by atoms with Crippen LogP contribution < -0.4 is 78.2 Å². The van der Waals surface area contributed by atoms with Gasteiger partial charge in [0.25, 0.3) is 0 Å². The summed E-state index contributed by atoms with van der Waals surface area (Å²) in [6, 6.07) is 4.60. The van der Waals surface area contributed by atoms with Gasteiger partial charge in [0, 0.05) is 60.1 Å². The first kappa shape index (κ1) is 92.9. The average molecular weight is 1800 g/mol. The molecule has 2 fully saturated rings. The van der Waals surface area contributed by atoms with Gasteiger partial charge in [-0.1, -0.05) is 67.4 Å². The molecular formula is C82H87Cl2F3N12O27. The monoisotopic (exact) mass is 1800 g/mol. The average Bonchev–Trinajstić information content (AvgIpc) is 0.764. The maximum atomic E-state index is 16.2. The van der Waals surface area contributed by atoms with Gasteiger partial charge in [0.15, 0.2) is 29.9 Å². The SMILES string of the molecule is CN[C@@H](CC(C)C)C(=O)N[C@H]1C(=O)N[C@@H](CC(N)=O)C(=O)NC2C(=O)N[C@@H]3C(=O)N[C@@H](C(=O)N[C@@H](C(=O)O)c4cc(O)cc(O)c4-c4cc3ccc4O)[C@H](O)c3ccc(c(Cl)c3)Oc3cc2cc(c3OC2O[C@@H](CO)[C@@H](O)[C@@H](O)[C@H]2O[C@H]2CC(C)(NCCn3ccc(NC(=O)/C=C/c4cccc(OC(F)(F)F)c4)nc3=O)[C@@H](O)[C@@H](C)O2)Oc2ccc(cc2Cl)[C@H]1O. The van der Waals surface area contributed by atoms with Crippen LogP contribution in [-0.4, -0.2) is 219 Å². The number of aliphatic hydroxyl groups is 6. The van der Waals surface area contributed by atoms with Gasteiger partial charge in [-0.05, 0) is 140 Å². The molecule has 14 rings (SSSR count). The highest BCUT2D eigenvalue weighted by Gasteiger charge is 2.52. The smallest absolute Gasteiger partial charge is 0.508 e. The van der Waals surface area contributed by atoms with Gasteiger partial charge in [-0.3, -0.25) is 42.9 Å². The van der Waals surface area contributed by atoms with Gasteiger partial charge >= 0.3 is 18.0 Å². The number of aromatic hydroxyl groups is 3. The molecule has 7 aliphatic heterocycles. The summed E-state index contributed by atoms with van der Waals surface area (Å²) in [5.41, 5.74) is 0.483. The molecule has 0 saturated carbocycles. The minimum absolute atomic E-state index is 0.109. The van der Waals surface area contributed by atoms with Gasteiger partial charge in [-0.25, -0.2) is 9.59 Å². The number of benzene rings is 6. The summed E-state index contributed by atoms with van der Waals surface area (Å²) in [5, 5.41) is 138. The molecule has 11 bridgehead atoms. The van der Waals surface area contributed by atoms with Crippen molar-refractivity contribution in [1.82, 2.24) is 52.1 Å². The quantitative estimate of drug-likeness (QED) is 0.0460. The van der Waals surface area contributed by atoms with E-state index in [-0.39, 0.29) is 54.4 Å². The molecule has 7 aromatic rings. The van der Waals surface area contributed by atoms with E-state index in [0.717, 1.165) is 95.6 Å². The number of hydrogen-bond donors (Lipinski definition) is 20. The minimum Gasteiger partial charge on any atom is -0.508 e. The predicted molar refractivity (Wildman–Crippen MR) is 432 cm³/mol. The number of nitrogens with zero attached hydrogens (tertiary/aromatic N) is 2. The number of aliphatic carboxylic acids is 1. The molecule has 21 N–H and O–H groups in total. The number of alkyl halides is 3. The van der Waals surface area contributed by atoms with Crippen LogP contribution in [0.25, 0.3) is 17.2 Å². The van der Waals surface area contributed by atoms with Crippen LogP contribution in [0.15, 0.2) is 126 Å². The highest BCUT2D eigenvalue weighted by molar-refractivity contribution is 6.32. The number of aliphatic hydroxyl groups excluding tert-OH is 6. The number of rotatable bonds is 21. The first-order valence-corrected chi connectivity index (χ1v) is 39.7. The molecule has 18 atom stereocenters. The number of phenolic OH excluding ortho intramolecular Hbond substituents is 3. The Morgan fingerprint density at radius 2 is 1.40 bits per heavy atom. The third-order valence-corrected chi connectivity index (χ3v) is 21.9. The molecule has 126 heavy (non-hydrogen) atoms. The molecule has 44 heteroatoms. The fourth-order valence-electron chi connectivity index (χ4n) is 14.9. The Balaban J connectivity index is 0.969. The van der Waals surface area contributed by atoms with Crippen molar-refractivity contribution >= 4 is 88.3 Å². The molecule has 8 amide bonds. The van der Waals surface area contributed by atoms with E-state index >= 15 is 14.4 Å². The maximum absolute atomic E-state index is 16.2. The van der Waals surface area contributed by atoms with Crippen molar-refractivity contribution in [2.75, 3.05) is 25.5 Å². The second kappa shape index (κ2) is 38.7. The first-order chi connectivity index (χ1) is 59.6. The normalized spacial score (nSPS) is 26.0. The number of hydrogen-bond acceptors (Lipinski definition) is 29. The molecule has 0 aliphatic carbocycles. The van der Waals surface area contributed by atoms with Crippen LogP contribution in [-0.2, 0) is 63.9 Å². The molecule has 6 aromatic carbocycles. The predicted octanol–water partition coefficient (Wildman–Crippen LogP) is 2.54. The lowest BCUT2D eigenvalue weighted by Gasteiger charge is -2.48. The number of anilines is 1. The third-order valence-electron chi connectivity index (χ3n) is 21.3. The summed E-state index contributed by atoms with van der Waals surface area (Å²) >= 11 is 14.3. The van der Waals surface area contributed by atoms with Gasteiger partial charge in [0.05, 0.1) is 41.3 Å². The van der Waals surface area contributed by atoms with Gasteiger partial charge in [0.1, 0.15) is 101 Å². The zero-order chi connectivity index (χ0) is 91.4. The van der Waals surface area contributed by atoms with Gasteiger partial charge in [-0.15, -0.1) is 13.2 Å². The number of nitrogens with one attached hydrogen (secondary N) is 9. The van der Waals surface area contributed by atoms with Crippen LogP contribution in [0.2, 0.25) is 10.0 Å². The highest BCUT2D eigenvalue weighted by atomic mass is 35.5. The van der Waals surface area contributed by atoms with Gasteiger partial charge < -0.3 is 138 Å². The largest absolute Gasteiger partial charge is 0.573 e. The van der Waals surface area contributed by atoms with Crippen LogP contribution in [0, 0.1) is 5.92 Å². The molecule has 672 valence electrons. The number of carbonyl (C=O) groups is 9. The number of aromatic nitrogens is 2. The van der Waals surface area contributed by atoms with Crippen molar-refractivity contribution in [1.29, 1.82) is 0 Å². The summed E-state index contributed by atoms with van der Waals surface area (Å²) in [7, 11) is 1.45. The molecule has 39 nitrogen and oxygen atoms in total. The zero-order valence-corrected chi connectivity index (χ0v) is 68.5. The van der Waals surface area contributed by atoms with E-state index in [1.165, 1.54) is 50.5 Å². The molecule has 0 spiro atoms. The standard InChI is InChI=1S/C82H87Cl2F3N12O27/c1-33(2)21-46(89-5)72(111)97-63-65(106)37-11-14-50(44(83)24-37)121-52-26-39-27-53(69(52)125-79-70(68(109)67(108)54(32-100)123-79)124-58-31-81(4,71(110)34(3)120-58)90-18-20-99-19-17-56(93-80(99)119)92-57(105)16-9-35-7-6-8-41(22-35)126-82(85,86)87)122-51-15-12-38(25-45(51)84)66(107)64-77(116)96-62(78(117)118)43-28-40(101)29-49(103)59(43)42-23-36(10-13-48(42)102)60(74(113)98-64)95-75(114)61(39)94-73(112)47(30-55(88)104)91-76(63)115/h6-17,19,22-29,33-34,46-47,54,58,60-68,70-71,79,89-90,100-103,106-110H,18,20-21,30-32H2,1-5H3,(H2,88,104)(H,91,115)(H,94,112)(H,95,114)(H,96,116)(H,97,111)(H,98,113)(H,117,118)(H,92,93,105,119)/b16-9+/t34-,46+,47+,54+,58+,60+,61?,62-,63-,64-,65-,66-,67-,68-,70-,71+,79?,81?/m1/s1. The Morgan fingerprint density at radius 1 is 0.746 bits per heavy atom. The third kappa shape index (κ3) is 21.3. The number of halogens is 5. The molecule has 8 heterocycles. The van der Waals surface area contributed by atoms with E-state index in [4.69, 9.17) is 57.4 Å². The van der Waals surface area contributed by atoms with E-state index in [9.17, 15) is 97.8 Å². The second-order valence-corrected chi connectivity index (χ2v) is 31.6. The Bertz CT molecular complexity index is 5460. The van der Waals surface area contributed by atoms with Crippen molar-refractivity contribution in [3.05, 3.63) is 175 Å². The molecule has 0 radical (unpaired) electrons. The number of primary amides is 1.